The maximum atomic E-state index is 12.6. The van der Waals surface area contributed by atoms with E-state index >= 15 is 0 Å². The first-order chi connectivity index (χ1) is 12.8. The van der Waals surface area contributed by atoms with Gasteiger partial charge >= 0.3 is 0 Å². The van der Waals surface area contributed by atoms with Crippen LogP contribution >= 0.6 is 0 Å². The highest BCUT2D eigenvalue weighted by Gasteiger charge is 2.23. The topological polar surface area (TPSA) is 73.1 Å². The van der Waals surface area contributed by atoms with E-state index in [1.54, 1.807) is 24.5 Å². The molecular weight excluding hydrogens is 326 g/mol. The van der Waals surface area contributed by atoms with Crippen LogP contribution in [-0.2, 0) is 0 Å². The van der Waals surface area contributed by atoms with Gasteiger partial charge in [-0.15, -0.1) is 0 Å². The number of nitrogens with zero attached hydrogens (tertiary/aromatic N) is 5. The minimum absolute atomic E-state index is 0.00931. The lowest BCUT2D eigenvalue weighted by Gasteiger charge is -2.36. The molecule has 1 saturated heterocycles. The van der Waals surface area contributed by atoms with E-state index in [1.165, 1.54) is 0 Å². The van der Waals surface area contributed by atoms with E-state index in [9.17, 15) is 10.1 Å². The van der Waals surface area contributed by atoms with Gasteiger partial charge in [0, 0.05) is 49.6 Å². The average Bonchev–Trinajstić information content (AvgIpc) is 2.73. The van der Waals surface area contributed by atoms with E-state index in [0.717, 1.165) is 16.6 Å². The molecule has 0 aliphatic carbocycles. The fourth-order valence-corrected chi connectivity index (χ4v) is 3.30. The Morgan fingerprint density at radius 1 is 1.08 bits per heavy atom. The second-order valence-corrected chi connectivity index (χ2v) is 6.18. The highest BCUT2D eigenvalue weighted by Crippen LogP contribution is 2.27. The van der Waals surface area contributed by atoms with Crippen LogP contribution in [0.5, 0.6) is 0 Å². The molecule has 3 heterocycles. The van der Waals surface area contributed by atoms with Crippen molar-refractivity contribution in [1.82, 2.24) is 14.9 Å². The summed E-state index contributed by atoms with van der Waals surface area (Å²) >= 11 is 0. The number of hydrogen-bond acceptors (Lipinski definition) is 5. The van der Waals surface area contributed by atoms with E-state index in [-0.39, 0.29) is 5.91 Å². The summed E-state index contributed by atoms with van der Waals surface area (Å²) in [7, 11) is 0. The van der Waals surface area contributed by atoms with Crippen LogP contribution in [0.1, 0.15) is 16.1 Å². The molecule has 0 N–H and O–H groups in total. The highest BCUT2D eigenvalue weighted by atomic mass is 16.2. The van der Waals surface area contributed by atoms with Crippen molar-refractivity contribution < 1.29 is 4.79 Å². The Bertz CT molecular complexity index is 988. The average molecular weight is 343 g/mol. The second-order valence-electron chi connectivity index (χ2n) is 6.18. The second kappa shape index (κ2) is 6.81. The molecule has 6 nitrogen and oxygen atoms in total. The number of carbonyl (C=O) groups is 1. The number of nitriles is 1. The Labute approximate surface area is 151 Å². The van der Waals surface area contributed by atoms with E-state index in [1.807, 2.05) is 35.2 Å². The lowest BCUT2D eigenvalue weighted by atomic mass is 10.1. The number of para-hydroxylation sites is 1. The van der Waals surface area contributed by atoms with Crippen molar-refractivity contribution in [1.29, 1.82) is 5.26 Å². The molecule has 128 valence electrons. The smallest absolute Gasteiger partial charge is 0.255 e. The minimum atomic E-state index is 0.00931. The van der Waals surface area contributed by atoms with Crippen LogP contribution in [0.4, 0.5) is 5.69 Å². The van der Waals surface area contributed by atoms with E-state index in [4.69, 9.17) is 0 Å². The highest BCUT2D eigenvalue weighted by molar-refractivity contribution is 5.95. The molecule has 6 heteroatoms. The van der Waals surface area contributed by atoms with Gasteiger partial charge in [-0.05, 0) is 24.3 Å². The van der Waals surface area contributed by atoms with Gasteiger partial charge in [0.1, 0.15) is 11.8 Å². The predicted octanol–water partition coefficient (Wildman–Crippen LogP) is 2.46. The number of fused-ring (bicyclic) bond motifs is 1. The molecule has 0 radical (unpaired) electrons. The molecule has 1 aliphatic heterocycles. The molecule has 2 aromatic heterocycles. The fraction of sp³-hybridized carbons (Fsp3) is 0.200. The van der Waals surface area contributed by atoms with Crippen molar-refractivity contribution in [3.8, 4) is 6.07 Å². The SMILES string of the molecule is N#Cc1cc(N2CCN(C(=O)c3cccnc3)CC2)c2ccccc2n1. The number of anilines is 1. The van der Waals surface area contributed by atoms with Crippen molar-refractivity contribution in [3.63, 3.8) is 0 Å². The number of benzene rings is 1. The number of carbonyl (C=O) groups excluding carboxylic acids is 1. The molecule has 1 fully saturated rings. The largest absolute Gasteiger partial charge is 0.367 e. The lowest BCUT2D eigenvalue weighted by Crippen LogP contribution is -2.48. The summed E-state index contributed by atoms with van der Waals surface area (Å²) in [5.74, 6) is 0.00931. The third kappa shape index (κ3) is 2.95. The van der Waals surface area contributed by atoms with Gasteiger partial charge in [-0.1, -0.05) is 18.2 Å². The zero-order chi connectivity index (χ0) is 17.9. The van der Waals surface area contributed by atoms with Crippen LogP contribution in [0.15, 0.2) is 54.9 Å². The van der Waals surface area contributed by atoms with Crippen LogP contribution in [0.2, 0.25) is 0 Å². The summed E-state index contributed by atoms with van der Waals surface area (Å²) in [5.41, 5.74) is 2.84. The standard InChI is InChI=1S/C20H17N5O/c21-13-16-12-19(17-5-1-2-6-18(17)23-16)24-8-10-25(11-9-24)20(26)15-4-3-7-22-14-15/h1-7,12,14H,8-11H2. The van der Waals surface area contributed by atoms with Gasteiger partial charge in [-0.3, -0.25) is 9.78 Å². The first kappa shape index (κ1) is 16.0. The Morgan fingerprint density at radius 2 is 1.88 bits per heavy atom. The predicted molar refractivity (Wildman–Crippen MR) is 98.8 cm³/mol. The van der Waals surface area contributed by atoms with Crippen LogP contribution < -0.4 is 4.90 Å². The molecule has 1 amide bonds. The Hall–Kier alpha value is -3.46. The fourth-order valence-electron chi connectivity index (χ4n) is 3.30. The van der Waals surface area contributed by atoms with Gasteiger partial charge in [0.25, 0.3) is 5.91 Å². The van der Waals surface area contributed by atoms with Crippen LogP contribution in [0.3, 0.4) is 0 Å². The minimum Gasteiger partial charge on any atom is -0.367 e. The van der Waals surface area contributed by atoms with Gasteiger partial charge in [0.05, 0.1) is 11.1 Å². The molecule has 0 bridgehead atoms. The summed E-state index contributed by atoms with van der Waals surface area (Å²) in [6, 6.07) is 15.4. The number of rotatable bonds is 2. The number of piperazine rings is 1. The van der Waals surface area contributed by atoms with Crippen molar-refractivity contribution in [2.75, 3.05) is 31.1 Å². The van der Waals surface area contributed by atoms with Crippen molar-refractivity contribution in [3.05, 3.63) is 66.1 Å². The summed E-state index contributed by atoms with van der Waals surface area (Å²) in [6.45, 7) is 2.69. The maximum Gasteiger partial charge on any atom is 0.255 e. The molecule has 0 atom stereocenters. The normalized spacial score (nSPS) is 14.3. The summed E-state index contributed by atoms with van der Waals surface area (Å²) < 4.78 is 0. The molecule has 1 aliphatic rings. The Kier molecular flexibility index (Phi) is 4.20. The maximum absolute atomic E-state index is 12.6. The third-order valence-electron chi connectivity index (χ3n) is 4.62. The molecule has 0 saturated carbocycles. The summed E-state index contributed by atoms with van der Waals surface area (Å²) in [5, 5.41) is 10.3. The van der Waals surface area contributed by atoms with Gasteiger partial charge in [-0.2, -0.15) is 5.26 Å². The number of hydrogen-bond donors (Lipinski definition) is 0. The van der Waals surface area contributed by atoms with Crippen molar-refractivity contribution >= 4 is 22.5 Å². The van der Waals surface area contributed by atoms with Crippen LogP contribution in [-0.4, -0.2) is 47.0 Å². The van der Waals surface area contributed by atoms with Gasteiger partial charge < -0.3 is 9.80 Å². The van der Waals surface area contributed by atoms with Gasteiger partial charge in [0.15, 0.2) is 0 Å². The number of aromatic nitrogens is 2. The van der Waals surface area contributed by atoms with E-state index < -0.39 is 0 Å². The van der Waals surface area contributed by atoms with Crippen molar-refractivity contribution in [2.45, 2.75) is 0 Å². The van der Waals surface area contributed by atoms with Crippen LogP contribution in [0, 0.1) is 11.3 Å². The van der Waals surface area contributed by atoms with Gasteiger partial charge in [0.2, 0.25) is 0 Å². The molecule has 1 aromatic carbocycles. The molecular formula is C20H17N5O. The van der Waals surface area contributed by atoms with E-state index in [0.29, 0.717) is 37.4 Å². The monoisotopic (exact) mass is 343 g/mol. The third-order valence-corrected chi connectivity index (χ3v) is 4.62. The summed E-state index contributed by atoms with van der Waals surface area (Å²) in [6.07, 6.45) is 3.26. The number of amides is 1. The molecule has 0 spiro atoms. The summed E-state index contributed by atoms with van der Waals surface area (Å²) in [4.78, 5) is 25.0. The van der Waals surface area contributed by atoms with Crippen LogP contribution in [0.25, 0.3) is 10.9 Å². The molecule has 3 aromatic rings. The van der Waals surface area contributed by atoms with Crippen molar-refractivity contribution in [2.24, 2.45) is 0 Å². The number of pyridine rings is 2. The molecule has 0 unspecified atom stereocenters. The quantitative estimate of drug-likeness (QED) is 0.715. The van der Waals surface area contributed by atoms with E-state index in [2.05, 4.69) is 20.9 Å². The molecule has 26 heavy (non-hydrogen) atoms. The first-order valence-electron chi connectivity index (χ1n) is 8.50. The zero-order valence-electron chi connectivity index (χ0n) is 14.2. The Morgan fingerprint density at radius 3 is 2.62 bits per heavy atom. The first-order valence-corrected chi connectivity index (χ1v) is 8.50. The Balaban J connectivity index is 1.56. The van der Waals surface area contributed by atoms with Gasteiger partial charge in [-0.25, -0.2) is 4.98 Å². The molecule has 4 rings (SSSR count). The zero-order valence-corrected chi connectivity index (χ0v) is 14.2. The lowest BCUT2D eigenvalue weighted by molar-refractivity contribution is 0.0746.